The third-order valence-electron chi connectivity index (χ3n) is 5.76. The van der Waals surface area contributed by atoms with Gasteiger partial charge in [0.05, 0.1) is 18.3 Å². The minimum Gasteiger partial charge on any atom is -0.494 e. The molecule has 0 atom stereocenters. The van der Waals surface area contributed by atoms with Crippen LogP contribution in [0.3, 0.4) is 0 Å². The van der Waals surface area contributed by atoms with Crippen molar-refractivity contribution in [2.75, 3.05) is 6.61 Å². The van der Waals surface area contributed by atoms with Gasteiger partial charge in [-0.25, -0.2) is 0 Å². The third-order valence-corrected chi connectivity index (χ3v) is 5.76. The summed E-state index contributed by atoms with van der Waals surface area (Å²) in [7, 11) is 0. The zero-order chi connectivity index (χ0) is 21.8. The highest BCUT2D eigenvalue weighted by atomic mass is 16.5. The fraction of sp³-hybridized carbons (Fsp3) is 0.250. The van der Waals surface area contributed by atoms with Crippen molar-refractivity contribution in [2.24, 2.45) is 0 Å². The predicted molar refractivity (Wildman–Crippen MR) is 130 cm³/mol. The Morgan fingerprint density at radius 3 is 2.19 bits per heavy atom. The second kappa shape index (κ2) is 9.22. The number of aromatic nitrogens is 2. The van der Waals surface area contributed by atoms with E-state index in [9.17, 15) is 0 Å². The van der Waals surface area contributed by atoms with E-state index >= 15 is 0 Å². The summed E-state index contributed by atoms with van der Waals surface area (Å²) in [5.74, 6) is 1.42. The van der Waals surface area contributed by atoms with E-state index in [4.69, 9.17) is 4.74 Å². The quantitative estimate of drug-likeness (QED) is 0.321. The summed E-state index contributed by atoms with van der Waals surface area (Å²) in [6.07, 6.45) is 2.82. The summed E-state index contributed by atoms with van der Waals surface area (Å²) in [5.41, 5.74) is 8.66. The van der Waals surface area contributed by atoms with E-state index in [1.807, 2.05) is 13.1 Å². The molecule has 3 aromatic carbocycles. The molecule has 4 rings (SSSR count). The van der Waals surface area contributed by atoms with Crippen molar-refractivity contribution in [2.45, 2.75) is 40.0 Å². The van der Waals surface area contributed by atoms with Crippen molar-refractivity contribution in [3.05, 3.63) is 95.2 Å². The zero-order valence-electron chi connectivity index (χ0n) is 18.8. The van der Waals surface area contributed by atoms with Crippen LogP contribution in [0, 0.1) is 0 Å². The van der Waals surface area contributed by atoms with Crippen LogP contribution in [-0.4, -0.2) is 16.8 Å². The molecule has 1 N–H and O–H groups in total. The molecule has 3 nitrogen and oxygen atoms in total. The molecule has 0 saturated heterocycles. The molecule has 0 spiro atoms. The van der Waals surface area contributed by atoms with Gasteiger partial charge in [0, 0.05) is 5.39 Å². The van der Waals surface area contributed by atoms with Gasteiger partial charge in [-0.3, -0.25) is 5.10 Å². The number of hydrogen-bond acceptors (Lipinski definition) is 2. The molecule has 158 valence electrons. The number of benzene rings is 3. The lowest BCUT2D eigenvalue weighted by Crippen LogP contribution is -1.97. The number of aromatic amines is 1. The first-order valence-electron chi connectivity index (χ1n) is 11.1. The van der Waals surface area contributed by atoms with Crippen molar-refractivity contribution >= 4 is 22.0 Å². The van der Waals surface area contributed by atoms with E-state index in [0.717, 1.165) is 23.1 Å². The number of rotatable bonds is 7. The Balaban J connectivity index is 1.90. The Kier molecular flexibility index (Phi) is 6.22. The lowest BCUT2D eigenvalue weighted by atomic mass is 9.87. The number of ether oxygens (including phenoxy) is 1. The summed E-state index contributed by atoms with van der Waals surface area (Å²) >= 11 is 0. The van der Waals surface area contributed by atoms with E-state index in [1.165, 1.54) is 33.4 Å². The van der Waals surface area contributed by atoms with Gasteiger partial charge in [-0.2, -0.15) is 5.10 Å². The van der Waals surface area contributed by atoms with Gasteiger partial charge in [0.2, 0.25) is 0 Å². The molecular weight excluding hydrogens is 380 g/mol. The Hall–Kier alpha value is -3.33. The van der Waals surface area contributed by atoms with Crippen LogP contribution in [0.25, 0.3) is 22.0 Å². The van der Waals surface area contributed by atoms with Crippen LogP contribution in [0.15, 0.2) is 72.9 Å². The summed E-state index contributed by atoms with van der Waals surface area (Å²) in [6.45, 7) is 9.38. The fourth-order valence-electron chi connectivity index (χ4n) is 4.09. The van der Waals surface area contributed by atoms with Crippen LogP contribution in [0.1, 0.15) is 62.3 Å². The molecule has 0 radical (unpaired) electrons. The summed E-state index contributed by atoms with van der Waals surface area (Å²) in [4.78, 5) is 0. The average Bonchev–Trinajstić information content (AvgIpc) is 3.26. The molecule has 31 heavy (non-hydrogen) atoms. The average molecular weight is 411 g/mol. The second-order valence-electron chi connectivity index (χ2n) is 8.11. The number of hydrogen-bond donors (Lipinski definition) is 1. The molecule has 0 amide bonds. The van der Waals surface area contributed by atoms with E-state index in [-0.39, 0.29) is 0 Å². The van der Waals surface area contributed by atoms with Crippen LogP contribution < -0.4 is 4.74 Å². The largest absolute Gasteiger partial charge is 0.494 e. The standard InChI is InChI=1S/C28H30N2O/c1-5-26(21-9-7-20(8-10-21)19(3)4)28(22-11-14-25(15-12-22)31-6-2)23-13-16-27-24(17-23)18-29-30-27/h7-19H,5-6H2,1-4H3,(H,29,30)/b28-26+. The number of allylic oxidation sites excluding steroid dienone is 1. The van der Waals surface area contributed by atoms with Crippen LogP contribution in [0.2, 0.25) is 0 Å². The van der Waals surface area contributed by atoms with Gasteiger partial charge < -0.3 is 4.74 Å². The molecule has 3 heteroatoms. The molecule has 1 aromatic heterocycles. The van der Waals surface area contributed by atoms with Gasteiger partial charge in [-0.05, 0) is 76.9 Å². The molecule has 1 heterocycles. The van der Waals surface area contributed by atoms with Crippen LogP contribution in [0.5, 0.6) is 5.75 Å². The predicted octanol–water partition coefficient (Wildman–Crippen LogP) is 7.45. The Morgan fingerprint density at radius 2 is 1.55 bits per heavy atom. The van der Waals surface area contributed by atoms with Crippen LogP contribution in [-0.2, 0) is 0 Å². The van der Waals surface area contributed by atoms with E-state index in [2.05, 4.69) is 97.7 Å². The van der Waals surface area contributed by atoms with Crippen LogP contribution in [0.4, 0.5) is 0 Å². The Labute approximate surface area is 184 Å². The van der Waals surface area contributed by atoms with Crippen LogP contribution >= 0.6 is 0 Å². The highest BCUT2D eigenvalue weighted by molar-refractivity contribution is 6.00. The van der Waals surface area contributed by atoms with Crippen molar-refractivity contribution in [3.63, 3.8) is 0 Å². The Morgan fingerprint density at radius 1 is 0.871 bits per heavy atom. The molecule has 0 unspecified atom stereocenters. The highest BCUT2D eigenvalue weighted by Gasteiger charge is 2.14. The number of nitrogens with zero attached hydrogens (tertiary/aromatic N) is 1. The van der Waals surface area contributed by atoms with Crippen molar-refractivity contribution in [1.29, 1.82) is 0 Å². The molecule has 0 aliphatic carbocycles. The van der Waals surface area contributed by atoms with Gasteiger partial charge >= 0.3 is 0 Å². The van der Waals surface area contributed by atoms with E-state index < -0.39 is 0 Å². The molecule has 4 aromatic rings. The first-order chi connectivity index (χ1) is 15.1. The maximum absolute atomic E-state index is 5.67. The summed E-state index contributed by atoms with van der Waals surface area (Å²) in [6, 6.07) is 24.0. The lowest BCUT2D eigenvalue weighted by molar-refractivity contribution is 0.340. The normalized spacial score (nSPS) is 12.3. The van der Waals surface area contributed by atoms with Gasteiger partial charge in [0.25, 0.3) is 0 Å². The van der Waals surface area contributed by atoms with E-state index in [1.54, 1.807) is 0 Å². The number of H-pyrrole nitrogens is 1. The van der Waals surface area contributed by atoms with Gasteiger partial charge in [-0.15, -0.1) is 0 Å². The fourth-order valence-corrected chi connectivity index (χ4v) is 4.09. The summed E-state index contributed by atoms with van der Waals surface area (Å²) < 4.78 is 5.67. The molecule has 0 aliphatic rings. The maximum atomic E-state index is 5.67. The SMILES string of the molecule is CCOc1ccc(/C(=C(/CC)c2ccc(C(C)C)cc2)c2ccc3[nH]ncc3c2)cc1. The number of nitrogens with one attached hydrogen (secondary N) is 1. The van der Waals surface area contributed by atoms with Crippen molar-refractivity contribution < 1.29 is 4.74 Å². The highest BCUT2D eigenvalue weighted by Crippen LogP contribution is 2.36. The van der Waals surface area contributed by atoms with Crippen molar-refractivity contribution in [3.8, 4) is 5.75 Å². The smallest absolute Gasteiger partial charge is 0.119 e. The zero-order valence-corrected chi connectivity index (χ0v) is 18.8. The third kappa shape index (κ3) is 4.41. The molecule has 0 bridgehead atoms. The van der Waals surface area contributed by atoms with E-state index in [0.29, 0.717) is 12.5 Å². The second-order valence-corrected chi connectivity index (χ2v) is 8.11. The first kappa shape index (κ1) is 20.9. The van der Waals surface area contributed by atoms with Gasteiger partial charge in [-0.1, -0.05) is 63.2 Å². The molecular formula is C28H30N2O. The minimum atomic E-state index is 0.525. The topological polar surface area (TPSA) is 37.9 Å². The lowest BCUT2D eigenvalue weighted by Gasteiger charge is -2.17. The monoisotopic (exact) mass is 410 g/mol. The van der Waals surface area contributed by atoms with Gasteiger partial charge in [0.1, 0.15) is 5.75 Å². The molecule has 0 aliphatic heterocycles. The van der Waals surface area contributed by atoms with Crippen molar-refractivity contribution in [1.82, 2.24) is 10.2 Å². The minimum absolute atomic E-state index is 0.525. The maximum Gasteiger partial charge on any atom is 0.119 e. The summed E-state index contributed by atoms with van der Waals surface area (Å²) in [5, 5.41) is 8.37. The number of fused-ring (bicyclic) bond motifs is 1. The molecule has 0 fully saturated rings. The Bertz CT molecular complexity index is 1180. The van der Waals surface area contributed by atoms with Gasteiger partial charge in [0.15, 0.2) is 0 Å². The first-order valence-corrected chi connectivity index (χ1v) is 11.1. The molecule has 0 saturated carbocycles.